The highest BCUT2D eigenvalue weighted by Gasteiger charge is 2.32. The molecule has 1 aromatic heterocycles. The number of nitrogens with one attached hydrogen (secondary N) is 2. The zero-order valence-corrected chi connectivity index (χ0v) is 26.7. The summed E-state index contributed by atoms with van der Waals surface area (Å²) in [7, 11) is 1.98. The molecule has 3 unspecified atom stereocenters. The van der Waals surface area contributed by atoms with E-state index in [2.05, 4.69) is 15.6 Å². The van der Waals surface area contributed by atoms with Gasteiger partial charge in [-0.05, 0) is 41.7 Å². The van der Waals surface area contributed by atoms with Crippen molar-refractivity contribution >= 4 is 35.0 Å². The first-order valence-corrected chi connectivity index (χ1v) is 16.5. The van der Waals surface area contributed by atoms with E-state index in [-0.39, 0.29) is 30.6 Å². The molecule has 5 rings (SSSR count). The molecule has 3 atom stereocenters. The minimum Gasteiger partial charge on any atom is -0.397 e. The predicted molar refractivity (Wildman–Crippen MR) is 179 cm³/mol. The Morgan fingerprint density at radius 2 is 1.65 bits per heavy atom. The van der Waals surface area contributed by atoms with Gasteiger partial charge in [0.15, 0.2) is 11.4 Å². The lowest BCUT2D eigenvalue weighted by Gasteiger charge is -2.36. The van der Waals surface area contributed by atoms with Crippen molar-refractivity contribution in [2.24, 2.45) is 7.05 Å². The van der Waals surface area contributed by atoms with Crippen LogP contribution in [0.4, 0.5) is 11.4 Å². The Labute approximate surface area is 273 Å². The van der Waals surface area contributed by atoms with E-state index in [0.717, 1.165) is 33.2 Å². The van der Waals surface area contributed by atoms with Gasteiger partial charge in [-0.2, -0.15) is 0 Å². The van der Waals surface area contributed by atoms with E-state index in [0.29, 0.717) is 50.0 Å². The van der Waals surface area contributed by atoms with E-state index in [4.69, 9.17) is 15.2 Å². The number of unbranched alkanes of at least 4 members (excludes halogenated alkanes) is 1. The number of nitrogen functional groups attached to an aromatic ring is 1. The van der Waals surface area contributed by atoms with Crippen molar-refractivity contribution in [2.75, 3.05) is 16.8 Å². The molecular formula is C35H41N5O5S. The van der Waals surface area contributed by atoms with Gasteiger partial charge in [-0.15, -0.1) is 0 Å². The molecule has 11 heteroatoms. The van der Waals surface area contributed by atoms with E-state index in [1.807, 2.05) is 78.5 Å². The number of aryl methyl sites for hydroxylation is 1. The van der Waals surface area contributed by atoms with Gasteiger partial charge in [-0.1, -0.05) is 72.4 Å². The number of para-hydroxylation sites is 2. The maximum atomic E-state index is 12.4. The van der Waals surface area contributed by atoms with Crippen molar-refractivity contribution in [3.63, 3.8) is 0 Å². The Kier molecular flexibility index (Phi) is 11.9. The third-order valence-electron chi connectivity index (χ3n) is 7.82. The second kappa shape index (κ2) is 16.4. The Balaban J connectivity index is 1.10. The fraction of sp³-hybridized carbons (Fsp3) is 0.343. The van der Waals surface area contributed by atoms with Gasteiger partial charge in [-0.25, -0.2) is 4.98 Å². The molecule has 2 heterocycles. The normalized spacial score (nSPS) is 17.8. The molecule has 0 bridgehead atoms. The van der Waals surface area contributed by atoms with Crippen LogP contribution in [0.1, 0.15) is 66.8 Å². The Hall–Kier alpha value is -4.16. The van der Waals surface area contributed by atoms with Crippen LogP contribution < -0.4 is 16.4 Å². The van der Waals surface area contributed by atoms with Crippen LogP contribution in [-0.2, 0) is 39.3 Å². The Morgan fingerprint density at radius 3 is 2.35 bits per heavy atom. The summed E-state index contributed by atoms with van der Waals surface area (Å²) in [6, 6.07) is 22.9. The molecule has 5 N–H and O–H groups in total. The number of amides is 2. The summed E-state index contributed by atoms with van der Waals surface area (Å²) in [4.78, 5) is 29.0. The number of nitrogens with two attached hydrogens (primary N) is 1. The van der Waals surface area contributed by atoms with Crippen LogP contribution >= 0.6 is 11.8 Å². The van der Waals surface area contributed by atoms with Crippen molar-refractivity contribution in [3.8, 4) is 0 Å². The number of carbonyl (C=O) groups excluding carboxylic acids is 2. The Bertz CT molecular complexity index is 1580. The molecule has 4 aromatic rings. The molecule has 0 aliphatic carbocycles. The van der Waals surface area contributed by atoms with Gasteiger partial charge in [0.2, 0.25) is 11.8 Å². The minimum absolute atomic E-state index is 0.00253. The fourth-order valence-corrected chi connectivity index (χ4v) is 6.11. The molecular weight excluding hydrogens is 602 g/mol. The third-order valence-corrected chi connectivity index (χ3v) is 9.01. The lowest BCUT2D eigenvalue weighted by Crippen LogP contribution is -2.31. The van der Waals surface area contributed by atoms with Crippen molar-refractivity contribution in [1.82, 2.24) is 14.9 Å². The van der Waals surface area contributed by atoms with Crippen molar-refractivity contribution < 1.29 is 24.2 Å². The summed E-state index contributed by atoms with van der Waals surface area (Å²) < 4.78 is 14.9. The number of benzene rings is 3. The third kappa shape index (κ3) is 9.43. The average molecular weight is 644 g/mol. The van der Waals surface area contributed by atoms with E-state index < -0.39 is 6.29 Å². The molecule has 1 aliphatic heterocycles. The molecule has 0 radical (unpaired) electrons. The fourth-order valence-electron chi connectivity index (χ4n) is 5.16. The molecule has 46 heavy (non-hydrogen) atoms. The number of ether oxygens (including phenoxy) is 2. The zero-order chi connectivity index (χ0) is 32.3. The molecule has 1 saturated heterocycles. The van der Waals surface area contributed by atoms with Crippen LogP contribution in [0.5, 0.6) is 0 Å². The topological polar surface area (TPSA) is 141 Å². The van der Waals surface area contributed by atoms with Gasteiger partial charge >= 0.3 is 0 Å². The lowest BCUT2D eigenvalue weighted by atomic mass is 10.0. The van der Waals surface area contributed by atoms with Gasteiger partial charge < -0.3 is 35.5 Å². The summed E-state index contributed by atoms with van der Waals surface area (Å²) in [6.07, 6.45) is 5.52. The van der Waals surface area contributed by atoms with Crippen LogP contribution in [0, 0.1) is 0 Å². The first-order chi connectivity index (χ1) is 22.4. The number of aliphatic hydroxyl groups excluding tert-OH is 1. The molecule has 1 fully saturated rings. The highest BCUT2D eigenvalue weighted by molar-refractivity contribution is 7.99. The molecule has 0 spiro atoms. The molecule has 1 aliphatic rings. The van der Waals surface area contributed by atoms with E-state index in [1.165, 1.54) is 0 Å². The Morgan fingerprint density at radius 1 is 0.957 bits per heavy atom. The van der Waals surface area contributed by atoms with Crippen LogP contribution in [-0.4, -0.2) is 38.3 Å². The number of hydrogen-bond acceptors (Lipinski definition) is 8. The van der Waals surface area contributed by atoms with Crippen LogP contribution in [0.3, 0.4) is 0 Å². The molecule has 2 amide bonds. The van der Waals surface area contributed by atoms with E-state index in [1.54, 1.807) is 30.1 Å². The lowest BCUT2D eigenvalue weighted by molar-refractivity contribution is -0.245. The van der Waals surface area contributed by atoms with Crippen LogP contribution in [0.25, 0.3) is 0 Å². The van der Waals surface area contributed by atoms with Gasteiger partial charge in [0.25, 0.3) is 0 Å². The number of nitrogens with zero attached hydrogens (tertiary/aromatic N) is 2. The van der Waals surface area contributed by atoms with Gasteiger partial charge in [-0.3, -0.25) is 9.59 Å². The number of imidazole rings is 1. The van der Waals surface area contributed by atoms with E-state index >= 15 is 0 Å². The maximum Gasteiger partial charge on any atom is 0.224 e. The van der Waals surface area contributed by atoms with Crippen molar-refractivity contribution in [2.45, 2.75) is 68.9 Å². The second-order valence-corrected chi connectivity index (χ2v) is 12.3. The number of hydrogen-bond donors (Lipinski definition) is 4. The van der Waals surface area contributed by atoms with Crippen LogP contribution in [0.15, 0.2) is 90.3 Å². The molecule has 3 aromatic carbocycles. The zero-order valence-electron chi connectivity index (χ0n) is 25.9. The first-order valence-electron chi connectivity index (χ1n) is 15.5. The highest BCUT2D eigenvalue weighted by atomic mass is 32.2. The first kappa shape index (κ1) is 33.2. The summed E-state index contributed by atoms with van der Waals surface area (Å²) in [5, 5.41) is 16.2. The second-order valence-electron chi connectivity index (χ2n) is 11.3. The maximum absolute atomic E-state index is 12.4. The number of anilines is 2. The standard InChI is InChI=1S/C35H41N5O5S/c1-40-19-18-37-35(40)46-23-28-20-31(26-14-12-25(22-41)13-15-26)45-34(44-28)27-16-10-24(11-17-27)21-38-32(42)8-4-5-9-33(43)39-30-7-3-2-6-29(30)36/h2-3,6-7,10-19,28,31,34,41H,4-5,8-9,20-23,36H2,1H3,(H,38,42)(H,39,43). The largest absolute Gasteiger partial charge is 0.397 e. The van der Waals surface area contributed by atoms with Gasteiger partial charge in [0, 0.05) is 56.6 Å². The quantitative estimate of drug-likeness (QED) is 0.0786. The van der Waals surface area contributed by atoms with Gasteiger partial charge in [0.05, 0.1) is 30.2 Å². The molecule has 10 nitrogen and oxygen atoms in total. The number of rotatable bonds is 14. The van der Waals surface area contributed by atoms with Crippen LogP contribution in [0.2, 0.25) is 0 Å². The average Bonchev–Trinajstić information content (AvgIpc) is 3.50. The number of carbonyl (C=O) groups is 2. The summed E-state index contributed by atoms with van der Waals surface area (Å²) in [5.74, 6) is 0.555. The molecule has 0 saturated carbocycles. The monoisotopic (exact) mass is 643 g/mol. The van der Waals surface area contributed by atoms with Crippen molar-refractivity contribution in [1.29, 1.82) is 0 Å². The molecule has 242 valence electrons. The smallest absolute Gasteiger partial charge is 0.224 e. The number of aromatic nitrogens is 2. The van der Waals surface area contributed by atoms with Crippen molar-refractivity contribution in [3.05, 3.63) is 107 Å². The number of aliphatic hydroxyl groups is 1. The summed E-state index contributed by atoms with van der Waals surface area (Å²) >= 11 is 1.65. The van der Waals surface area contributed by atoms with E-state index in [9.17, 15) is 14.7 Å². The predicted octanol–water partition coefficient (Wildman–Crippen LogP) is 5.65. The summed E-state index contributed by atoms with van der Waals surface area (Å²) in [6.45, 7) is 0.402. The highest BCUT2D eigenvalue weighted by Crippen LogP contribution is 2.39. The SMILES string of the molecule is Cn1ccnc1SCC1CC(c2ccc(CO)cc2)OC(c2ccc(CNC(=O)CCCCC(=O)Nc3ccccc3N)cc2)O1. The van der Waals surface area contributed by atoms with Gasteiger partial charge in [0.1, 0.15) is 0 Å². The summed E-state index contributed by atoms with van der Waals surface area (Å²) in [5.41, 5.74) is 10.8. The number of thioether (sulfide) groups is 1. The minimum atomic E-state index is -0.553.